The van der Waals surface area contributed by atoms with Crippen LogP contribution in [0.2, 0.25) is 5.02 Å². The molecule has 1 atom stereocenters. The van der Waals surface area contributed by atoms with Crippen LogP contribution in [0, 0.1) is 6.92 Å². The SMILES string of the molecule is CNCC1CN(S(=O)(=O)c2ccc(C)cc2Cl)CCO1. The Morgan fingerprint density at radius 1 is 1.50 bits per heavy atom. The van der Waals surface area contributed by atoms with Gasteiger partial charge in [-0.15, -0.1) is 0 Å². The van der Waals surface area contributed by atoms with Gasteiger partial charge in [-0.2, -0.15) is 4.31 Å². The lowest BCUT2D eigenvalue weighted by atomic mass is 10.2. The van der Waals surface area contributed by atoms with Crippen molar-refractivity contribution in [1.82, 2.24) is 9.62 Å². The average Bonchev–Trinajstić information content (AvgIpc) is 2.39. The first-order valence-electron chi connectivity index (χ1n) is 6.47. The van der Waals surface area contributed by atoms with Crippen LogP contribution in [0.3, 0.4) is 0 Å². The molecule has 112 valence electrons. The number of nitrogens with one attached hydrogen (secondary N) is 1. The zero-order valence-electron chi connectivity index (χ0n) is 11.6. The lowest BCUT2D eigenvalue weighted by Gasteiger charge is -2.32. The Bertz CT molecular complexity index is 575. The standard InChI is InChI=1S/C13H19ClN2O3S/c1-10-3-4-13(12(14)7-10)20(17,18)16-5-6-19-11(9-16)8-15-2/h3-4,7,11,15H,5-6,8-9H2,1-2H3. The average molecular weight is 319 g/mol. The van der Waals surface area contributed by atoms with E-state index in [1.165, 1.54) is 4.31 Å². The number of ether oxygens (including phenoxy) is 1. The molecule has 1 aromatic carbocycles. The van der Waals surface area contributed by atoms with E-state index in [0.717, 1.165) is 5.56 Å². The number of sulfonamides is 1. The van der Waals surface area contributed by atoms with Gasteiger partial charge in [0.05, 0.1) is 17.7 Å². The Hall–Kier alpha value is -0.660. The largest absolute Gasteiger partial charge is 0.374 e. The molecule has 0 spiro atoms. The van der Waals surface area contributed by atoms with Crippen molar-refractivity contribution in [2.75, 3.05) is 33.3 Å². The summed E-state index contributed by atoms with van der Waals surface area (Å²) in [7, 11) is -1.75. The normalized spacial score (nSPS) is 21.1. The van der Waals surface area contributed by atoms with Crippen molar-refractivity contribution in [3.05, 3.63) is 28.8 Å². The molecule has 1 N–H and O–H groups in total. The second-order valence-corrected chi connectivity index (χ2v) is 7.16. The molecule has 1 unspecified atom stereocenters. The molecule has 2 rings (SSSR count). The predicted molar refractivity (Wildman–Crippen MR) is 78.6 cm³/mol. The van der Waals surface area contributed by atoms with Gasteiger partial charge >= 0.3 is 0 Å². The summed E-state index contributed by atoms with van der Waals surface area (Å²) in [4.78, 5) is 0.162. The van der Waals surface area contributed by atoms with E-state index in [4.69, 9.17) is 16.3 Å². The maximum absolute atomic E-state index is 12.6. The first-order chi connectivity index (χ1) is 9.45. The van der Waals surface area contributed by atoms with Crippen LogP contribution in [-0.4, -0.2) is 52.1 Å². The molecular weight excluding hydrogens is 300 g/mol. The van der Waals surface area contributed by atoms with Gasteiger partial charge in [-0.05, 0) is 31.7 Å². The maximum atomic E-state index is 12.6. The van der Waals surface area contributed by atoms with Crippen LogP contribution in [0.5, 0.6) is 0 Å². The molecule has 0 aromatic heterocycles. The third kappa shape index (κ3) is 3.32. The molecule has 1 fully saturated rings. The molecule has 5 nitrogen and oxygen atoms in total. The van der Waals surface area contributed by atoms with Gasteiger partial charge in [0.15, 0.2) is 0 Å². The fourth-order valence-electron chi connectivity index (χ4n) is 2.22. The van der Waals surface area contributed by atoms with Crippen molar-refractivity contribution in [3.63, 3.8) is 0 Å². The monoisotopic (exact) mass is 318 g/mol. The number of rotatable bonds is 4. The van der Waals surface area contributed by atoms with E-state index in [0.29, 0.717) is 26.2 Å². The molecule has 1 aromatic rings. The molecule has 1 aliphatic heterocycles. The Balaban J connectivity index is 2.25. The second-order valence-electron chi connectivity index (χ2n) is 4.85. The molecule has 1 aliphatic rings. The highest BCUT2D eigenvalue weighted by atomic mass is 35.5. The number of morpholine rings is 1. The van der Waals surface area contributed by atoms with Gasteiger partial charge in [0.25, 0.3) is 0 Å². The minimum Gasteiger partial charge on any atom is -0.374 e. The highest BCUT2D eigenvalue weighted by Crippen LogP contribution is 2.26. The fourth-order valence-corrected chi connectivity index (χ4v) is 4.24. The predicted octanol–water partition coefficient (Wildman–Crippen LogP) is 1.26. The van der Waals surface area contributed by atoms with E-state index in [1.807, 2.05) is 14.0 Å². The number of benzene rings is 1. The minimum atomic E-state index is -3.57. The molecule has 0 amide bonds. The van der Waals surface area contributed by atoms with Crippen molar-refractivity contribution >= 4 is 21.6 Å². The topological polar surface area (TPSA) is 58.6 Å². The van der Waals surface area contributed by atoms with Crippen LogP contribution in [0.1, 0.15) is 5.56 Å². The third-order valence-electron chi connectivity index (χ3n) is 3.24. The van der Waals surface area contributed by atoms with Crippen LogP contribution in [0.15, 0.2) is 23.1 Å². The summed E-state index contributed by atoms with van der Waals surface area (Å²) in [6, 6.07) is 4.99. The number of hydrogen-bond acceptors (Lipinski definition) is 4. The molecule has 0 bridgehead atoms. The highest BCUT2D eigenvalue weighted by Gasteiger charge is 2.31. The minimum absolute atomic E-state index is 0.132. The molecule has 1 saturated heterocycles. The van der Waals surface area contributed by atoms with E-state index in [2.05, 4.69) is 5.32 Å². The van der Waals surface area contributed by atoms with E-state index >= 15 is 0 Å². The summed E-state index contributed by atoms with van der Waals surface area (Å²) < 4.78 is 32.2. The fraction of sp³-hybridized carbons (Fsp3) is 0.538. The van der Waals surface area contributed by atoms with Crippen molar-refractivity contribution in [2.45, 2.75) is 17.9 Å². The molecule has 0 radical (unpaired) electrons. The van der Waals surface area contributed by atoms with Crippen LogP contribution in [-0.2, 0) is 14.8 Å². The summed E-state index contributed by atoms with van der Waals surface area (Å²) in [5.41, 5.74) is 0.934. The number of halogens is 1. The van der Waals surface area contributed by atoms with Crippen molar-refractivity contribution in [2.24, 2.45) is 0 Å². The smallest absolute Gasteiger partial charge is 0.244 e. The zero-order valence-corrected chi connectivity index (χ0v) is 13.2. The maximum Gasteiger partial charge on any atom is 0.244 e. The van der Waals surface area contributed by atoms with Gasteiger partial charge in [-0.3, -0.25) is 0 Å². The summed E-state index contributed by atoms with van der Waals surface area (Å²) >= 11 is 6.08. The van der Waals surface area contributed by atoms with Gasteiger partial charge in [-0.25, -0.2) is 8.42 Å². The van der Waals surface area contributed by atoms with Crippen molar-refractivity contribution in [1.29, 1.82) is 0 Å². The molecule has 20 heavy (non-hydrogen) atoms. The summed E-state index contributed by atoms with van der Waals surface area (Å²) in [5, 5.41) is 3.26. The summed E-state index contributed by atoms with van der Waals surface area (Å²) in [5.74, 6) is 0. The quantitative estimate of drug-likeness (QED) is 0.908. The van der Waals surface area contributed by atoms with E-state index in [9.17, 15) is 8.42 Å². The molecule has 1 heterocycles. The van der Waals surface area contributed by atoms with E-state index < -0.39 is 10.0 Å². The molecule has 7 heteroatoms. The van der Waals surface area contributed by atoms with Gasteiger partial charge in [0.1, 0.15) is 4.90 Å². The summed E-state index contributed by atoms with van der Waals surface area (Å²) in [6.07, 6.45) is -0.132. The Morgan fingerprint density at radius 2 is 2.25 bits per heavy atom. The van der Waals surface area contributed by atoms with Crippen LogP contribution in [0.4, 0.5) is 0 Å². The number of aryl methyl sites for hydroxylation is 1. The van der Waals surface area contributed by atoms with E-state index in [1.54, 1.807) is 18.2 Å². The number of hydrogen-bond donors (Lipinski definition) is 1. The molecule has 0 aliphatic carbocycles. The van der Waals surface area contributed by atoms with Crippen LogP contribution < -0.4 is 5.32 Å². The Labute approximate surface area is 124 Å². The van der Waals surface area contributed by atoms with Crippen LogP contribution >= 0.6 is 11.6 Å². The zero-order chi connectivity index (χ0) is 14.8. The van der Waals surface area contributed by atoms with E-state index in [-0.39, 0.29) is 16.0 Å². The first-order valence-corrected chi connectivity index (χ1v) is 8.29. The second kappa shape index (κ2) is 6.41. The molecular formula is C13H19ClN2O3S. The highest BCUT2D eigenvalue weighted by molar-refractivity contribution is 7.89. The number of likely N-dealkylation sites (N-methyl/N-ethyl adjacent to an activating group) is 1. The number of nitrogens with zero attached hydrogens (tertiary/aromatic N) is 1. The van der Waals surface area contributed by atoms with Gasteiger partial charge < -0.3 is 10.1 Å². The Kier molecular flexibility index (Phi) is 5.04. The molecule has 0 saturated carbocycles. The first kappa shape index (κ1) is 15.7. The van der Waals surface area contributed by atoms with Crippen LogP contribution in [0.25, 0.3) is 0 Å². The van der Waals surface area contributed by atoms with Crippen molar-refractivity contribution < 1.29 is 13.2 Å². The lowest BCUT2D eigenvalue weighted by molar-refractivity contribution is 0.000825. The van der Waals surface area contributed by atoms with Gasteiger partial charge in [-0.1, -0.05) is 17.7 Å². The van der Waals surface area contributed by atoms with Gasteiger partial charge in [0, 0.05) is 19.6 Å². The summed E-state index contributed by atoms with van der Waals surface area (Å²) in [6.45, 7) is 3.59. The third-order valence-corrected chi connectivity index (χ3v) is 5.59. The van der Waals surface area contributed by atoms with Gasteiger partial charge in [0.2, 0.25) is 10.0 Å². The lowest BCUT2D eigenvalue weighted by Crippen LogP contribution is -2.48. The van der Waals surface area contributed by atoms with Crippen molar-refractivity contribution in [3.8, 4) is 0 Å². The Morgan fingerprint density at radius 3 is 2.90 bits per heavy atom.